The number of hydrogen-bond donors (Lipinski definition) is 2. The summed E-state index contributed by atoms with van der Waals surface area (Å²) >= 11 is 13.1. The highest BCUT2D eigenvalue weighted by molar-refractivity contribution is 9.10. The van der Waals surface area contributed by atoms with Crippen LogP contribution in [0.2, 0.25) is 5.02 Å². The van der Waals surface area contributed by atoms with Crippen LogP contribution in [0.5, 0.6) is 5.75 Å². The predicted molar refractivity (Wildman–Crippen MR) is 102 cm³/mol. The summed E-state index contributed by atoms with van der Waals surface area (Å²) in [6, 6.07) is 10.6. The molecule has 128 valence electrons. The number of imide groups is 1. The van der Waals surface area contributed by atoms with Crippen LogP contribution in [0.15, 0.2) is 51.0 Å². The third-order valence-electron chi connectivity index (χ3n) is 3.35. The second kappa shape index (κ2) is 7.59. The summed E-state index contributed by atoms with van der Waals surface area (Å²) in [7, 11) is 0. The fraction of sp³-hybridized carbons (Fsp3) is 0.0588. The molecule has 0 aliphatic carbocycles. The molecule has 0 radical (unpaired) electrons. The Morgan fingerprint density at radius 1 is 1.08 bits per heavy atom. The Morgan fingerprint density at radius 3 is 2.40 bits per heavy atom. The van der Waals surface area contributed by atoms with Crippen LogP contribution >= 0.6 is 43.5 Å². The molecule has 1 saturated heterocycles. The Hall–Kier alpha value is -1.83. The standard InChI is InChI=1S/C17H11Br2ClN2O3/c18-11-3-1-9(2-4-11)8-25-15-12(19)5-10(6-13(15)20)7-14-16(23)22-17(24)21-14/h1-7H,8H2,(H2,21,22,23,24)/b14-7+. The van der Waals surface area contributed by atoms with Crippen LogP contribution in [0.3, 0.4) is 0 Å². The van der Waals surface area contributed by atoms with Crippen molar-refractivity contribution in [3.8, 4) is 5.75 Å². The van der Waals surface area contributed by atoms with Gasteiger partial charge in [0.1, 0.15) is 12.3 Å². The molecule has 8 heteroatoms. The van der Waals surface area contributed by atoms with Crippen LogP contribution in [-0.2, 0) is 11.4 Å². The van der Waals surface area contributed by atoms with Gasteiger partial charge in [0.15, 0.2) is 5.75 Å². The first-order valence-corrected chi connectivity index (χ1v) is 9.09. The normalized spacial score (nSPS) is 15.2. The van der Waals surface area contributed by atoms with E-state index < -0.39 is 11.9 Å². The van der Waals surface area contributed by atoms with E-state index in [-0.39, 0.29) is 5.70 Å². The van der Waals surface area contributed by atoms with Crippen LogP contribution in [0, 0.1) is 0 Å². The van der Waals surface area contributed by atoms with Crippen LogP contribution in [0.25, 0.3) is 6.08 Å². The average molecular weight is 487 g/mol. The molecular weight excluding hydrogens is 475 g/mol. The van der Waals surface area contributed by atoms with Gasteiger partial charge in [-0.2, -0.15) is 0 Å². The molecule has 2 N–H and O–H groups in total. The van der Waals surface area contributed by atoms with E-state index in [0.29, 0.717) is 27.4 Å². The molecule has 25 heavy (non-hydrogen) atoms. The van der Waals surface area contributed by atoms with Gasteiger partial charge in [0, 0.05) is 4.47 Å². The molecule has 0 bridgehead atoms. The third-order valence-corrected chi connectivity index (χ3v) is 4.75. The fourth-order valence-electron chi connectivity index (χ4n) is 2.19. The number of amides is 3. The van der Waals surface area contributed by atoms with E-state index in [1.54, 1.807) is 12.1 Å². The molecule has 1 aliphatic rings. The van der Waals surface area contributed by atoms with Crippen molar-refractivity contribution in [3.05, 3.63) is 67.2 Å². The zero-order chi connectivity index (χ0) is 18.0. The lowest BCUT2D eigenvalue weighted by Crippen LogP contribution is -2.22. The molecule has 1 aliphatic heterocycles. The molecule has 0 saturated carbocycles. The lowest BCUT2D eigenvalue weighted by molar-refractivity contribution is -0.115. The van der Waals surface area contributed by atoms with E-state index >= 15 is 0 Å². The Balaban J connectivity index is 1.78. The van der Waals surface area contributed by atoms with Crippen molar-refractivity contribution in [3.63, 3.8) is 0 Å². The Kier molecular flexibility index (Phi) is 5.46. The zero-order valence-corrected chi connectivity index (χ0v) is 16.5. The van der Waals surface area contributed by atoms with E-state index in [4.69, 9.17) is 16.3 Å². The van der Waals surface area contributed by atoms with Gasteiger partial charge in [-0.1, -0.05) is 39.7 Å². The summed E-state index contributed by atoms with van der Waals surface area (Å²) < 4.78 is 7.44. The van der Waals surface area contributed by atoms with E-state index in [9.17, 15) is 9.59 Å². The molecule has 3 amide bonds. The summed E-state index contributed by atoms with van der Waals surface area (Å²) in [6.07, 6.45) is 1.54. The van der Waals surface area contributed by atoms with Gasteiger partial charge in [-0.05, 0) is 57.4 Å². The van der Waals surface area contributed by atoms with Gasteiger partial charge in [0.25, 0.3) is 5.91 Å². The first kappa shape index (κ1) is 18.0. The van der Waals surface area contributed by atoms with Gasteiger partial charge < -0.3 is 10.1 Å². The van der Waals surface area contributed by atoms with Crippen LogP contribution in [0.1, 0.15) is 11.1 Å². The van der Waals surface area contributed by atoms with Gasteiger partial charge in [0.2, 0.25) is 0 Å². The van der Waals surface area contributed by atoms with E-state index in [1.807, 2.05) is 24.3 Å². The molecule has 3 rings (SSSR count). The molecule has 2 aromatic rings. The van der Waals surface area contributed by atoms with Crippen molar-refractivity contribution >= 4 is 61.5 Å². The number of benzene rings is 2. The van der Waals surface area contributed by atoms with Crippen LogP contribution in [-0.4, -0.2) is 11.9 Å². The Morgan fingerprint density at radius 2 is 1.80 bits per heavy atom. The molecule has 0 aromatic heterocycles. The van der Waals surface area contributed by atoms with Crippen LogP contribution < -0.4 is 15.4 Å². The average Bonchev–Trinajstić information content (AvgIpc) is 2.86. The first-order valence-electron chi connectivity index (χ1n) is 7.12. The molecule has 0 atom stereocenters. The van der Waals surface area contributed by atoms with Crippen molar-refractivity contribution < 1.29 is 14.3 Å². The second-order valence-electron chi connectivity index (χ2n) is 5.20. The minimum Gasteiger partial charge on any atom is -0.486 e. The number of rotatable bonds is 4. The monoisotopic (exact) mass is 484 g/mol. The number of nitrogens with one attached hydrogen (secondary N) is 2. The molecule has 1 heterocycles. The number of ether oxygens (including phenoxy) is 1. The van der Waals surface area contributed by atoms with Crippen molar-refractivity contribution in [1.29, 1.82) is 0 Å². The summed E-state index contributed by atoms with van der Waals surface area (Å²) in [5.41, 5.74) is 1.82. The summed E-state index contributed by atoms with van der Waals surface area (Å²) in [5, 5.41) is 4.96. The van der Waals surface area contributed by atoms with E-state index in [1.165, 1.54) is 6.08 Å². The molecule has 0 spiro atoms. The van der Waals surface area contributed by atoms with Gasteiger partial charge in [0.05, 0.1) is 9.50 Å². The maximum atomic E-state index is 11.6. The number of halogens is 3. The van der Waals surface area contributed by atoms with Crippen molar-refractivity contribution in [2.75, 3.05) is 0 Å². The smallest absolute Gasteiger partial charge is 0.326 e. The number of urea groups is 1. The largest absolute Gasteiger partial charge is 0.486 e. The van der Waals surface area contributed by atoms with Crippen molar-refractivity contribution in [2.24, 2.45) is 0 Å². The minimum atomic E-state index is -0.545. The molecule has 1 fully saturated rings. The van der Waals surface area contributed by atoms with Gasteiger partial charge in [-0.15, -0.1) is 0 Å². The van der Waals surface area contributed by atoms with Crippen molar-refractivity contribution in [1.82, 2.24) is 10.6 Å². The Labute approximate surface area is 165 Å². The summed E-state index contributed by atoms with van der Waals surface area (Å²) in [5.74, 6) is 0.0273. The summed E-state index contributed by atoms with van der Waals surface area (Å²) in [6.45, 7) is 0.366. The van der Waals surface area contributed by atoms with Gasteiger partial charge in [-0.3, -0.25) is 10.1 Å². The molecule has 0 unspecified atom stereocenters. The van der Waals surface area contributed by atoms with Crippen LogP contribution in [0.4, 0.5) is 4.79 Å². The summed E-state index contributed by atoms with van der Waals surface area (Å²) in [4.78, 5) is 22.7. The lowest BCUT2D eigenvalue weighted by Gasteiger charge is -2.11. The lowest BCUT2D eigenvalue weighted by atomic mass is 10.2. The topological polar surface area (TPSA) is 67.4 Å². The minimum absolute atomic E-state index is 0.163. The number of carbonyl (C=O) groups excluding carboxylic acids is 2. The third kappa shape index (κ3) is 4.42. The van der Waals surface area contributed by atoms with E-state index in [2.05, 4.69) is 42.5 Å². The fourth-order valence-corrected chi connectivity index (χ4v) is 3.44. The van der Waals surface area contributed by atoms with Gasteiger partial charge in [-0.25, -0.2) is 4.79 Å². The Bertz CT molecular complexity index is 859. The highest BCUT2D eigenvalue weighted by Crippen LogP contribution is 2.35. The number of carbonyl (C=O) groups is 2. The SMILES string of the molecule is O=C1NC(=O)/C(=C\c2cc(Cl)c(OCc3ccc(Br)cc3)c(Br)c2)N1. The predicted octanol–water partition coefficient (Wildman–Crippen LogP) is 4.62. The molecular formula is C17H11Br2ClN2O3. The second-order valence-corrected chi connectivity index (χ2v) is 7.37. The number of hydrogen-bond acceptors (Lipinski definition) is 3. The van der Waals surface area contributed by atoms with Crippen molar-refractivity contribution in [2.45, 2.75) is 6.61 Å². The maximum absolute atomic E-state index is 11.6. The molecule has 5 nitrogen and oxygen atoms in total. The van der Waals surface area contributed by atoms with E-state index in [0.717, 1.165) is 10.0 Å². The highest BCUT2D eigenvalue weighted by atomic mass is 79.9. The first-order chi connectivity index (χ1) is 11.9. The highest BCUT2D eigenvalue weighted by Gasteiger charge is 2.23. The van der Waals surface area contributed by atoms with Gasteiger partial charge >= 0.3 is 6.03 Å². The zero-order valence-electron chi connectivity index (χ0n) is 12.6. The molecule has 2 aromatic carbocycles. The quantitative estimate of drug-likeness (QED) is 0.490. The maximum Gasteiger partial charge on any atom is 0.326 e.